The molecule has 1 heterocycles. The van der Waals surface area contributed by atoms with Crippen LogP contribution < -0.4 is 0 Å². The third-order valence-electron chi connectivity index (χ3n) is 4.80. The molecular formula is C25H21NO2. The summed E-state index contributed by atoms with van der Waals surface area (Å²) in [6.07, 6.45) is 6.30. The van der Waals surface area contributed by atoms with Crippen LogP contribution in [0.5, 0.6) is 0 Å². The van der Waals surface area contributed by atoms with E-state index >= 15 is 0 Å². The van der Waals surface area contributed by atoms with Crippen LogP contribution in [0, 0.1) is 0 Å². The Hall–Kier alpha value is -3.59. The first-order chi connectivity index (χ1) is 13.7. The van der Waals surface area contributed by atoms with Gasteiger partial charge in [-0.25, -0.2) is 4.79 Å². The number of fused-ring (bicyclic) bond motifs is 1. The van der Waals surface area contributed by atoms with Gasteiger partial charge in [0.2, 0.25) is 0 Å². The van der Waals surface area contributed by atoms with Gasteiger partial charge in [0.15, 0.2) is 0 Å². The van der Waals surface area contributed by atoms with Crippen molar-refractivity contribution in [2.24, 2.45) is 0 Å². The Morgan fingerprint density at radius 2 is 1.68 bits per heavy atom. The standard InChI is InChI=1S/C25H21NO2/c1-28-25(27)15-13-20-12-14-24-23(17-20)21(16-19-8-4-2-5-9-19)18-26(24)22-10-6-3-7-11-22/h2-15,17-18H,16H2,1H3. The van der Waals surface area contributed by atoms with Gasteiger partial charge in [0.1, 0.15) is 0 Å². The quantitative estimate of drug-likeness (QED) is 0.349. The molecule has 0 bridgehead atoms. The number of para-hydroxylation sites is 1. The summed E-state index contributed by atoms with van der Waals surface area (Å²) in [5.74, 6) is -0.355. The van der Waals surface area contributed by atoms with E-state index in [-0.39, 0.29) is 5.97 Å². The molecule has 4 aromatic rings. The molecule has 0 saturated carbocycles. The van der Waals surface area contributed by atoms with Crippen LogP contribution in [0.1, 0.15) is 16.7 Å². The Labute approximate surface area is 164 Å². The zero-order chi connectivity index (χ0) is 19.3. The van der Waals surface area contributed by atoms with Crippen molar-refractivity contribution in [2.75, 3.05) is 7.11 Å². The van der Waals surface area contributed by atoms with Crippen LogP contribution in [0.25, 0.3) is 22.7 Å². The van der Waals surface area contributed by atoms with Crippen molar-refractivity contribution in [3.05, 3.63) is 108 Å². The van der Waals surface area contributed by atoms with E-state index < -0.39 is 0 Å². The minimum Gasteiger partial charge on any atom is -0.466 e. The van der Waals surface area contributed by atoms with Crippen molar-refractivity contribution in [3.8, 4) is 5.69 Å². The van der Waals surface area contributed by atoms with Gasteiger partial charge in [0.05, 0.1) is 12.6 Å². The number of methoxy groups -OCH3 is 1. The predicted molar refractivity (Wildman–Crippen MR) is 114 cm³/mol. The van der Waals surface area contributed by atoms with Gasteiger partial charge in [-0.15, -0.1) is 0 Å². The first kappa shape index (κ1) is 17.8. The third-order valence-corrected chi connectivity index (χ3v) is 4.80. The van der Waals surface area contributed by atoms with E-state index in [4.69, 9.17) is 4.74 Å². The molecule has 0 radical (unpaired) electrons. The zero-order valence-electron chi connectivity index (χ0n) is 15.7. The molecule has 1 aromatic heterocycles. The largest absolute Gasteiger partial charge is 0.466 e. The van der Waals surface area contributed by atoms with E-state index in [0.717, 1.165) is 23.2 Å². The molecule has 3 nitrogen and oxygen atoms in total. The highest BCUT2D eigenvalue weighted by Gasteiger charge is 2.11. The number of benzene rings is 3. The summed E-state index contributed by atoms with van der Waals surface area (Å²) in [4.78, 5) is 11.4. The molecular weight excluding hydrogens is 346 g/mol. The molecule has 0 aliphatic carbocycles. The van der Waals surface area contributed by atoms with E-state index in [1.807, 2.05) is 30.3 Å². The van der Waals surface area contributed by atoms with Crippen LogP contribution in [0.15, 0.2) is 91.1 Å². The number of carbonyl (C=O) groups is 1. The molecule has 0 N–H and O–H groups in total. The second-order valence-corrected chi connectivity index (χ2v) is 6.66. The van der Waals surface area contributed by atoms with E-state index in [9.17, 15) is 4.79 Å². The van der Waals surface area contributed by atoms with Crippen LogP contribution in [-0.2, 0) is 16.0 Å². The topological polar surface area (TPSA) is 31.2 Å². The van der Waals surface area contributed by atoms with Crippen molar-refractivity contribution >= 4 is 22.9 Å². The van der Waals surface area contributed by atoms with Crippen molar-refractivity contribution in [1.29, 1.82) is 0 Å². The number of nitrogens with zero attached hydrogens (tertiary/aromatic N) is 1. The fourth-order valence-corrected chi connectivity index (χ4v) is 3.41. The van der Waals surface area contributed by atoms with Gasteiger partial charge < -0.3 is 9.30 Å². The highest BCUT2D eigenvalue weighted by Crippen LogP contribution is 2.28. The first-order valence-electron chi connectivity index (χ1n) is 9.24. The van der Waals surface area contributed by atoms with Gasteiger partial charge in [0.25, 0.3) is 0 Å². The minimum absolute atomic E-state index is 0.355. The van der Waals surface area contributed by atoms with Crippen LogP contribution in [0.3, 0.4) is 0 Å². The molecule has 0 atom stereocenters. The summed E-state index contributed by atoms with van der Waals surface area (Å²) in [5.41, 5.74) is 5.76. The molecule has 138 valence electrons. The molecule has 4 rings (SSSR count). The number of aromatic nitrogens is 1. The smallest absolute Gasteiger partial charge is 0.330 e. The van der Waals surface area contributed by atoms with Crippen LogP contribution >= 0.6 is 0 Å². The lowest BCUT2D eigenvalue weighted by atomic mass is 10.0. The average molecular weight is 367 g/mol. The lowest BCUT2D eigenvalue weighted by Crippen LogP contribution is -1.93. The Bertz CT molecular complexity index is 1130. The summed E-state index contributed by atoms with van der Waals surface area (Å²) in [7, 11) is 1.38. The molecule has 28 heavy (non-hydrogen) atoms. The highest BCUT2D eigenvalue weighted by molar-refractivity contribution is 5.91. The molecule has 0 spiro atoms. The maximum atomic E-state index is 11.4. The third kappa shape index (κ3) is 3.74. The average Bonchev–Trinajstić information content (AvgIpc) is 3.11. The summed E-state index contributed by atoms with van der Waals surface area (Å²) in [6, 6.07) is 27.0. The Morgan fingerprint density at radius 3 is 2.39 bits per heavy atom. The van der Waals surface area contributed by atoms with E-state index in [2.05, 4.69) is 59.3 Å². The van der Waals surface area contributed by atoms with Gasteiger partial charge in [-0.1, -0.05) is 54.6 Å². The molecule has 0 unspecified atom stereocenters. The van der Waals surface area contributed by atoms with Gasteiger partial charge in [-0.3, -0.25) is 0 Å². The highest BCUT2D eigenvalue weighted by atomic mass is 16.5. The SMILES string of the molecule is COC(=O)C=Cc1ccc2c(c1)c(Cc1ccccc1)cn2-c1ccccc1. The maximum absolute atomic E-state index is 11.4. The fraction of sp³-hybridized carbons (Fsp3) is 0.0800. The van der Waals surface area contributed by atoms with E-state index in [1.165, 1.54) is 29.7 Å². The molecule has 0 amide bonds. The van der Waals surface area contributed by atoms with Gasteiger partial charge >= 0.3 is 5.97 Å². The van der Waals surface area contributed by atoms with Gasteiger partial charge in [-0.05, 0) is 53.5 Å². The molecule has 0 aliphatic rings. The number of hydrogen-bond donors (Lipinski definition) is 0. The maximum Gasteiger partial charge on any atom is 0.330 e. The predicted octanol–water partition coefficient (Wildman–Crippen LogP) is 5.41. The normalized spacial score (nSPS) is 11.2. The molecule has 0 aliphatic heterocycles. The first-order valence-corrected chi connectivity index (χ1v) is 9.24. The molecule has 3 aromatic carbocycles. The number of hydrogen-bond acceptors (Lipinski definition) is 2. The van der Waals surface area contributed by atoms with Gasteiger partial charge in [0, 0.05) is 23.3 Å². The monoisotopic (exact) mass is 367 g/mol. The van der Waals surface area contributed by atoms with E-state index in [0.29, 0.717) is 0 Å². The van der Waals surface area contributed by atoms with Crippen molar-refractivity contribution in [1.82, 2.24) is 4.57 Å². The van der Waals surface area contributed by atoms with E-state index in [1.54, 1.807) is 6.08 Å². The van der Waals surface area contributed by atoms with Crippen molar-refractivity contribution < 1.29 is 9.53 Å². The summed E-state index contributed by atoms with van der Waals surface area (Å²) < 4.78 is 6.92. The van der Waals surface area contributed by atoms with Crippen molar-refractivity contribution in [2.45, 2.75) is 6.42 Å². The summed E-state index contributed by atoms with van der Waals surface area (Å²) in [6.45, 7) is 0. The number of rotatable bonds is 5. The lowest BCUT2D eigenvalue weighted by Gasteiger charge is -2.05. The summed E-state index contributed by atoms with van der Waals surface area (Å²) >= 11 is 0. The second-order valence-electron chi connectivity index (χ2n) is 6.66. The number of ether oxygens (including phenoxy) is 1. The van der Waals surface area contributed by atoms with Crippen LogP contribution in [0.2, 0.25) is 0 Å². The van der Waals surface area contributed by atoms with Crippen LogP contribution in [0.4, 0.5) is 0 Å². The zero-order valence-corrected chi connectivity index (χ0v) is 15.7. The lowest BCUT2D eigenvalue weighted by molar-refractivity contribution is -0.134. The Kier molecular flexibility index (Phi) is 5.07. The molecule has 0 fully saturated rings. The summed E-state index contributed by atoms with van der Waals surface area (Å²) in [5, 5.41) is 1.18. The molecule has 0 saturated heterocycles. The molecule has 3 heteroatoms. The van der Waals surface area contributed by atoms with Crippen LogP contribution in [-0.4, -0.2) is 17.6 Å². The van der Waals surface area contributed by atoms with Crippen molar-refractivity contribution in [3.63, 3.8) is 0 Å². The Balaban J connectivity index is 1.82. The Morgan fingerprint density at radius 1 is 0.964 bits per heavy atom. The van der Waals surface area contributed by atoms with Gasteiger partial charge in [-0.2, -0.15) is 0 Å². The minimum atomic E-state index is -0.355. The number of carbonyl (C=O) groups excluding carboxylic acids is 1. The number of esters is 1. The second kappa shape index (κ2) is 7.97. The fourth-order valence-electron chi connectivity index (χ4n) is 3.41.